The minimum absolute atomic E-state index is 0.0688. The van der Waals surface area contributed by atoms with Gasteiger partial charge < -0.3 is 14.4 Å². The molecule has 2 saturated heterocycles. The van der Waals surface area contributed by atoms with Gasteiger partial charge >= 0.3 is 0 Å². The zero-order chi connectivity index (χ0) is 18.6. The number of aromatic nitrogens is 1. The van der Waals surface area contributed by atoms with Crippen molar-refractivity contribution < 1.29 is 9.59 Å². The second-order valence-electron chi connectivity index (χ2n) is 7.59. The molecule has 1 atom stereocenters. The molecule has 2 aliphatic rings. The highest BCUT2D eigenvalue weighted by atomic mass is 16.2. The summed E-state index contributed by atoms with van der Waals surface area (Å²) in [7, 11) is 0. The predicted octanol–water partition coefficient (Wildman–Crippen LogP) is 2.89. The van der Waals surface area contributed by atoms with Gasteiger partial charge in [0.25, 0.3) is 0 Å². The summed E-state index contributed by atoms with van der Waals surface area (Å²) in [6.45, 7) is 2.25. The fraction of sp³-hybridized carbons (Fsp3) is 0.455. The lowest BCUT2D eigenvalue weighted by molar-refractivity contribution is -0.144. The van der Waals surface area contributed by atoms with Gasteiger partial charge in [0.05, 0.1) is 6.42 Å². The van der Waals surface area contributed by atoms with Gasteiger partial charge in [0.1, 0.15) is 6.04 Å². The summed E-state index contributed by atoms with van der Waals surface area (Å²) >= 11 is 0. The second-order valence-corrected chi connectivity index (χ2v) is 7.59. The van der Waals surface area contributed by atoms with E-state index in [1.54, 1.807) is 0 Å². The van der Waals surface area contributed by atoms with E-state index in [1.807, 2.05) is 52.3 Å². The van der Waals surface area contributed by atoms with Crippen LogP contribution in [0, 0.1) is 0 Å². The van der Waals surface area contributed by atoms with Crippen LogP contribution in [-0.2, 0) is 16.0 Å². The fourth-order valence-corrected chi connectivity index (χ4v) is 4.38. The minimum atomic E-state index is -0.274. The average Bonchev–Trinajstić information content (AvgIpc) is 3.40. The summed E-state index contributed by atoms with van der Waals surface area (Å²) in [5.74, 6) is 0.208. The van der Waals surface area contributed by atoms with Gasteiger partial charge in [-0.1, -0.05) is 30.3 Å². The van der Waals surface area contributed by atoms with Crippen LogP contribution in [-0.4, -0.2) is 51.9 Å². The first-order valence-corrected chi connectivity index (χ1v) is 9.97. The Balaban J connectivity index is 1.36. The Kier molecular flexibility index (Phi) is 5.28. The molecule has 4 rings (SSSR count). The van der Waals surface area contributed by atoms with Crippen molar-refractivity contribution in [2.24, 2.45) is 0 Å². The van der Waals surface area contributed by atoms with Crippen LogP contribution in [0.5, 0.6) is 0 Å². The largest absolute Gasteiger partial charge is 0.351 e. The van der Waals surface area contributed by atoms with Crippen molar-refractivity contribution in [2.45, 2.75) is 44.2 Å². The standard InChI is InChI=1S/C22H27N3O2/c26-21(17-18-7-2-1-3-8-18)25-14-6-9-20(25)22(27)24-15-10-19(11-16-24)23-12-4-5-13-23/h1-5,7-8,12-13,19-20H,6,9-11,14-17H2. The summed E-state index contributed by atoms with van der Waals surface area (Å²) < 4.78 is 2.24. The molecule has 27 heavy (non-hydrogen) atoms. The van der Waals surface area contributed by atoms with E-state index in [9.17, 15) is 9.59 Å². The summed E-state index contributed by atoms with van der Waals surface area (Å²) in [6.07, 6.45) is 8.23. The minimum Gasteiger partial charge on any atom is -0.351 e. The zero-order valence-electron chi connectivity index (χ0n) is 15.7. The number of likely N-dealkylation sites (tertiary alicyclic amines) is 2. The van der Waals surface area contributed by atoms with Crippen molar-refractivity contribution in [1.29, 1.82) is 0 Å². The average molecular weight is 365 g/mol. The van der Waals surface area contributed by atoms with Crippen molar-refractivity contribution in [3.05, 3.63) is 60.4 Å². The van der Waals surface area contributed by atoms with Crippen LogP contribution >= 0.6 is 0 Å². The lowest BCUT2D eigenvalue weighted by Gasteiger charge is -2.36. The molecule has 2 aliphatic heterocycles. The maximum absolute atomic E-state index is 13.1. The van der Waals surface area contributed by atoms with Crippen LogP contribution < -0.4 is 0 Å². The number of piperidine rings is 1. The van der Waals surface area contributed by atoms with Crippen LogP contribution in [0.15, 0.2) is 54.9 Å². The van der Waals surface area contributed by atoms with Crippen molar-refractivity contribution in [3.63, 3.8) is 0 Å². The molecule has 2 fully saturated rings. The molecule has 2 aromatic rings. The third-order valence-electron chi connectivity index (χ3n) is 5.88. The highest BCUT2D eigenvalue weighted by Gasteiger charge is 2.37. The first-order chi connectivity index (χ1) is 13.2. The Morgan fingerprint density at radius 3 is 2.30 bits per heavy atom. The highest BCUT2D eigenvalue weighted by Crippen LogP contribution is 2.26. The van der Waals surface area contributed by atoms with Crippen LogP contribution in [0.1, 0.15) is 37.3 Å². The Bertz CT molecular complexity index is 764. The van der Waals surface area contributed by atoms with Crippen molar-refractivity contribution in [2.75, 3.05) is 19.6 Å². The molecule has 5 heteroatoms. The van der Waals surface area contributed by atoms with E-state index >= 15 is 0 Å². The lowest BCUT2D eigenvalue weighted by atomic mass is 10.0. The number of nitrogens with zero attached hydrogens (tertiary/aromatic N) is 3. The van der Waals surface area contributed by atoms with Gasteiger partial charge in [-0.25, -0.2) is 0 Å². The topological polar surface area (TPSA) is 45.6 Å². The summed E-state index contributed by atoms with van der Waals surface area (Å²) in [4.78, 5) is 29.6. The first kappa shape index (κ1) is 17.8. The molecule has 142 valence electrons. The van der Waals surface area contributed by atoms with Gasteiger partial charge in [-0.05, 0) is 43.4 Å². The second kappa shape index (κ2) is 7.99. The van der Waals surface area contributed by atoms with E-state index in [1.165, 1.54) is 0 Å². The Labute approximate surface area is 160 Å². The monoisotopic (exact) mass is 365 g/mol. The van der Waals surface area contributed by atoms with Crippen LogP contribution in [0.4, 0.5) is 0 Å². The Morgan fingerprint density at radius 1 is 0.889 bits per heavy atom. The number of carbonyl (C=O) groups excluding carboxylic acids is 2. The molecule has 1 aromatic carbocycles. The summed E-state index contributed by atoms with van der Waals surface area (Å²) in [5.41, 5.74) is 1.01. The molecule has 0 bridgehead atoms. The van der Waals surface area contributed by atoms with Gasteiger partial charge in [0.15, 0.2) is 0 Å². The van der Waals surface area contributed by atoms with Crippen LogP contribution in [0.25, 0.3) is 0 Å². The van der Waals surface area contributed by atoms with E-state index in [4.69, 9.17) is 0 Å². The van der Waals surface area contributed by atoms with Gasteiger partial charge in [-0.2, -0.15) is 0 Å². The van der Waals surface area contributed by atoms with E-state index < -0.39 is 0 Å². The number of hydrogen-bond donors (Lipinski definition) is 0. The Hall–Kier alpha value is -2.56. The third-order valence-corrected chi connectivity index (χ3v) is 5.88. The molecule has 0 spiro atoms. The molecule has 5 nitrogen and oxygen atoms in total. The van der Waals surface area contributed by atoms with Gasteiger partial charge in [0, 0.05) is 38.1 Å². The molecule has 0 saturated carbocycles. The third kappa shape index (κ3) is 3.92. The smallest absolute Gasteiger partial charge is 0.245 e. The van der Waals surface area contributed by atoms with Crippen LogP contribution in [0.3, 0.4) is 0 Å². The maximum atomic E-state index is 13.1. The molecule has 2 amide bonds. The lowest BCUT2D eigenvalue weighted by Crippen LogP contribution is -2.50. The number of carbonyl (C=O) groups is 2. The SMILES string of the molecule is O=C(C1CCCN1C(=O)Cc1ccccc1)N1CCC(n2cccc2)CC1. The first-order valence-electron chi connectivity index (χ1n) is 9.97. The van der Waals surface area contributed by atoms with Gasteiger partial charge in [0.2, 0.25) is 11.8 Å². The number of benzene rings is 1. The van der Waals surface area contributed by atoms with Crippen LogP contribution in [0.2, 0.25) is 0 Å². The van der Waals surface area contributed by atoms with E-state index in [2.05, 4.69) is 17.0 Å². The number of rotatable bonds is 4. The molecule has 3 heterocycles. The molecular weight excluding hydrogens is 338 g/mol. The van der Waals surface area contributed by atoms with Crippen molar-refractivity contribution >= 4 is 11.8 Å². The molecule has 1 unspecified atom stereocenters. The quantitative estimate of drug-likeness (QED) is 0.836. The fourth-order valence-electron chi connectivity index (χ4n) is 4.38. The summed E-state index contributed by atoms with van der Waals surface area (Å²) in [5, 5.41) is 0. The molecule has 0 aliphatic carbocycles. The Morgan fingerprint density at radius 2 is 1.59 bits per heavy atom. The zero-order valence-corrected chi connectivity index (χ0v) is 15.7. The van der Waals surface area contributed by atoms with E-state index in [0.717, 1.165) is 44.3 Å². The van der Waals surface area contributed by atoms with Crippen molar-refractivity contribution in [3.8, 4) is 0 Å². The predicted molar refractivity (Wildman–Crippen MR) is 104 cm³/mol. The highest BCUT2D eigenvalue weighted by molar-refractivity contribution is 5.89. The molecule has 0 radical (unpaired) electrons. The van der Waals surface area contributed by atoms with Crippen molar-refractivity contribution in [1.82, 2.24) is 14.4 Å². The summed E-state index contributed by atoms with van der Waals surface area (Å²) in [6, 6.07) is 14.1. The van der Waals surface area contributed by atoms with Gasteiger partial charge in [-0.3, -0.25) is 9.59 Å². The number of amides is 2. The van der Waals surface area contributed by atoms with Gasteiger partial charge in [-0.15, -0.1) is 0 Å². The normalized spacial score (nSPS) is 20.8. The molecular formula is C22H27N3O2. The van der Waals surface area contributed by atoms with E-state index in [0.29, 0.717) is 19.0 Å². The molecule has 1 aromatic heterocycles. The molecule has 0 N–H and O–H groups in total. The number of hydrogen-bond acceptors (Lipinski definition) is 2. The maximum Gasteiger partial charge on any atom is 0.245 e. The van der Waals surface area contributed by atoms with E-state index in [-0.39, 0.29) is 17.9 Å².